The van der Waals surface area contributed by atoms with Crippen LogP contribution in [0.4, 0.5) is 5.13 Å². The molecule has 1 aromatic carbocycles. The van der Waals surface area contributed by atoms with E-state index >= 15 is 0 Å². The minimum absolute atomic E-state index is 0.0669. The first-order valence-corrected chi connectivity index (χ1v) is 11.1. The van der Waals surface area contributed by atoms with E-state index in [9.17, 15) is 4.79 Å². The van der Waals surface area contributed by atoms with Crippen molar-refractivity contribution in [1.29, 1.82) is 0 Å². The summed E-state index contributed by atoms with van der Waals surface area (Å²) < 4.78 is 7.62. The number of nitrogens with zero attached hydrogens (tertiary/aromatic N) is 2. The van der Waals surface area contributed by atoms with E-state index in [4.69, 9.17) is 4.74 Å². The van der Waals surface area contributed by atoms with Crippen molar-refractivity contribution in [3.63, 3.8) is 0 Å². The lowest BCUT2D eigenvalue weighted by Gasteiger charge is -2.23. The first-order chi connectivity index (χ1) is 12.3. The summed E-state index contributed by atoms with van der Waals surface area (Å²) in [4.78, 5) is 12.2. The van der Waals surface area contributed by atoms with Gasteiger partial charge in [-0.3, -0.25) is 10.1 Å². The highest BCUT2D eigenvalue weighted by Crippen LogP contribution is 2.33. The zero-order valence-electron chi connectivity index (χ0n) is 15.5. The third-order valence-corrected chi connectivity index (χ3v) is 6.04. The molecule has 5 nitrogen and oxygen atoms in total. The second-order valence-corrected chi connectivity index (χ2v) is 10.0. The first kappa shape index (κ1) is 21.2. The number of nitrogens with one attached hydrogen (secondary N) is 1. The molecule has 8 heteroatoms. The minimum Gasteiger partial charge on any atom is -0.483 e. The number of hydrogen-bond donors (Lipinski definition) is 1. The molecule has 142 valence electrons. The summed E-state index contributed by atoms with van der Waals surface area (Å²) in [6.07, 6.45) is 2.29. The predicted octanol–water partition coefficient (Wildman–Crippen LogP) is 5.51. The number of carbonyl (C=O) groups excluding carboxylic acids is 1. The summed E-state index contributed by atoms with van der Waals surface area (Å²) in [7, 11) is 0. The molecule has 1 N–H and O–H groups in total. The van der Waals surface area contributed by atoms with E-state index in [2.05, 4.69) is 59.1 Å². The van der Waals surface area contributed by atoms with Gasteiger partial charge >= 0.3 is 0 Å². The van der Waals surface area contributed by atoms with Gasteiger partial charge < -0.3 is 4.74 Å². The summed E-state index contributed by atoms with van der Waals surface area (Å²) in [6.45, 7) is 8.42. The zero-order valence-corrected chi connectivity index (χ0v) is 18.7. The molecule has 0 unspecified atom stereocenters. The fourth-order valence-electron chi connectivity index (χ4n) is 2.14. The molecular weight excluding hydrogens is 434 g/mol. The van der Waals surface area contributed by atoms with Gasteiger partial charge in [-0.2, -0.15) is 0 Å². The smallest absolute Gasteiger partial charge is 0.264 e. The van der Waals surface area contributed by atoms with Crippen LogP contribution in [-0.4, -0.2) is 28.5 Å². The number of carbonyl (C=O) groups is 1. The summed E-state index contributed by atoms with van der Waals surface area (Å²) in [6, 6.07) is 5.82. The number of anilines is 1. The third kappa shape index (κ3) is 6.55. The maximum Gasteiger partial charge on any atom is 0.264 e. The van der Waals surface area contributed by atoms with Gasteiger partial charge in [-0.25, -0.2) is 0 Å². The normalized spacial score (nSPS) is 11.4. The Labute approximate surface area is 171 Å². The largest absolute Gasteiger partial charge is 0.483 e. The average molecular weight is 458 g/mol. The SMILES string of the molecule is CCCCSc1nnc(NC(=O)COc2ccc(Br)cc2C(C)(C)C)s1. The molecule has 26 heavy (non-hydrogen) atoms. The molecule has 0 spiro atoms. The second-order valence-electron chi connectivity index (χ2n) is 6.80. The van der Waals surface area contributed by atoms with E-state index in [0.717, 1.165) is 33.0 Å². The van der Waals surface area contributed by atoms with Crippen LogP contribution in [-0.2, 0) is 10.2 Å². The van der Waals surface area contributed by atoms with Crippen LogP contribution in [0.25, 0.3) is 0 Å². The maximum atomic E-state index is 12.2. The van der Waals surface area contributed by atoms with Crippen LogP contribution in [0.3, 0.4) is 0 Å². The molecule has 0 aliphatic rings. The molecule has 0 atom stereocenters. The quantitative estimate of drug-likeness (QED) is 0.321. The van der Waals surface area contributed by atoms with Crippen molar-refractivity contribution in [1.82, 2.24) is 10.2 Å². The molecule has 0 saturated heterocycles. The number of benzene rings is 1. The van der Waals surface area contributed by atoms with Crippen LogP contribution < -0.4 is 10.1 Å². The molecular formula is C18H24BrN3O2S2. The Hall–Kier alpha value is -1.12. The van der Waals surface area contributed by atoms with Gasteiger partial charge in [-0.15, -0.1) is 10.2 Å². The summed E-state index contributed by atoms with van der Waals surface area (Å²) in [5.41, 5.74) is 0.963. The third-order valence-electron chi connectivity index (χ3n) is 3.48. The Morgan fingerprint density at radius 1 is 1.35 bits per heavy atom. The standard InChI is InChI=1S/C18H24BrN3O2S2/c1-5-6-9-25-17-22-21-16(26-17)20-15(23)11-24-14-8-7-12(19)10-13(14)18(2,3)4/h7-8,10H,5-6,9,11H2,1-4H3,(H,20,21,23). The lowest BCUT2D eigenvalue weighted by atomic mass is 9.86. The van der Waals surface area contributed by atoms with Crippen molar-refractivity contribution in [3.8, 4) is 5.75 Å². The number of amides is 1. The number of hydrogen-bond acceptors (Lipinski definition) is 6. The van der Waals surface area contributed by atoms with Gasteiger partial charge in [0, 0.05) is 15.8 Å². The maximum absolute atomic E-state index is 12.2. The molecule has 0 saturated carbocycles. The molecule has 0 bridgehead atoms. The molecule has 0 fully saturated rings. The Kier molecular flexibility index (Phi) is 7.91. The summed E-state index contributed by atoms with van der Waals surface area (Å²) in [5, 5.41) is 11.4. The number of rotatable bonds is 8. The molecule has 2 rings (SSSR count). The van der Waals surface area contributed by atoms with Gasteiger partial charge in [0.05, 0.1) is 0 Å². The highest BCUT2D eigenvalue weighted by Gasteiger charge is 2.20. The van der Waals surface area contributed by atoms with Crippen molar-refractivity contribution in [2.24, 2.45) is 0 Å². The number of ether oxygens (including phenoxy) is 1. The number of unbranched alkanes of at least 4 members (excludes halogenated alkanes) is 1. The molecule has 1 aromatic heterocycles. The van der Waals surface area contributed by atoms with Crippen LogP contribution >= 0.6 is 39.0 Å². The van der Waals surface area contributed by atoms with E-state index < -0.39 is 0 Å². The van der Waals surface area contributed by atoms with Crippen LogP contribution in [0.15, 0.2) is 27.0 Å². The van der Waals surface area contributed by atoms with Gasteiger partial charge in [0.15, 0.2) is 10.9 Å². The van der Waals surface area contributed by atoms with Gasteiger partial charge in [0.1, 0.15) is 5.75 Å². The minimum atomic E-state index is -0.242. The van der Waals surface area contributed by atoms with Crippen LogP contribution in [0, 0.1) is 0 Å². The lowest BCUT2D eigenvalue weighted by molar-refractivity contribution is -0.118. The number of thioether (sulfide) groups is 1. The van der Waals surface area contributed by atoms with Crippen molar-refractivity contribution >= 4 is 50.1 Å². The lowest BCUT2D eigenvalue weighted by Crippen LogP contribution is -2.22. The van der Waals surface area contributed by atoms with Gasteiger partial charge in [-0.1, -0.05) is 73.1 Å². The Balaban J connectivity index is 1.91. The van der Waals surface area contributed by atoms with Gasteiger partial charge in [0.25, 0.3) is 5.91 Å². The summed E-state index contributed by atoms with van der Waals surface area (Å²) >= 11 is 6.54. The van der Waals surface area contributed by atoms with Gasteiger partial charge in [-0.05, 0) is 30.0 Å². The molecule has 0 aliphatic carbocycles. The first-order valence-electron chi connectivity index (χ1n) is 8.48. The van der Waals surface area contributed by atoms with Crippen LogP contribution in [0.5, 0.6) is 5.75 Å². The van der Waals surface area contributed by atoms with Crippen molar-refractivity contribution in [2.45, 2.75) is 50.3 Å². The average Bonchev–Trinajstić information content (AvgIpc) is 3.00. The monoisotopic (exact) mass is 457 g/mol. The summed E-state index contributed by atoms with van der Waals surface area (Å²) in [5.74, 6) is 1.49. The van der Waals surface area contributed by atoms with E-state index in [-0.39, 0.29) is 17.9 Å². The van der Waals surface area contributed by atoms with Crippen LogP contribution in [0.1, 0.15) is 46.1 Å². The Morgan fingerprint density at radius 2 is 2.12 bits per heavy atom. The zero-order chi connectivity index (χ0) is 19.2. The van der Waals surface area contributed by atoms with Gasteiger partial charge in [0.2, 0.25) is 5.13 Å². The van der Waals surface area contributed by atoms with Crippen molar-refractivity contribution < 1.29 is 9.53 Å². The molecule has 1 amide bonds. The molecule has 1 heterocycles. The fourth-order valence-corrected chi connectivity index (χ4v) is 4.42. The Morgan fingerprint density at radius 3 is 2.81 bits per heavy atom. The van der Waals surface area contributed by atoms with E-state index in [0.29, 0.717) is 10.9 Å². The second kappa shape index (κ2) is 9.71. The molecule has 0 radical (unpaired) electrons. The topological polar surface area (TPSA) is 64.1 Å². The van der Waals surface area contributed by atoms with E-state index in [1.165, 1.54) is 11.3 Å². The number of halogens is 1. The molecule has 0 aliphatic heterocycles. The predicted molar refractivity (Wildman–Crippen MR) is 113 cm³/mol. The Bertz CT molecular complexity index is 744. The van der Waals surface area contributed by atoms with Crippen molar-refractivity contribution in [2.75, 3.05) is 17.7 Å². The van der Waals surface area contributed by atoms with E-state index in [1.807, 2.05) is 18.2 Å². The highest BCUT2D eigenvalue weighted by molar-refractivity contribution is 9.10. The highest BCUT2D eigenvalue weighted by atomic mass is 79.9. The van der Waals surface area contributed by atoms with Crippen molar-refractivity contribution in [3.05, 3.63) is 28.2 Å². The number of aromatic nitrogens is 2. The van der Waals surface area contributed by atoms with Crippen LogP contribution in [0.2, 0.25) is 0 Å². The fraction of sp³-hybridized carbons (Fsp3) is 0.500. The van der Waals surface area contributed by atoms with E-state index in [1.54, 1.807) is 11.8 Å². The molecule has 2 aromatic rings.